The summed E-state index contributed by atoms with van der Waals surface area (Å²) in [5, 5.41) is 2.97. The highest BCUT2D eigenvalue weighted by atomic mass is 32.2. The average molecular weight is 248 g/mol. The summed E-state index contributed by atoms with van der Waals surface area (Å²) in [6.45, 7) is 1.27. The molecule has 1 aliphatic rings. The molecule has 0 aromatic rings. The van der Waals surface area contributed by atoms with Gasteiger partial charge >= 0.3 is 0 Å². The van der Waals surface area contributed by atoms with Gasteiger partial charge < -0.3 is 5.32 Å². The summed E-state index contributed by atoms with van der Waals surface area (Å²) >= 11 is 0. The second-order valence-electron chi connectivity index (χ2n) is 4.71. The Morgan fingerprint density at radius 2 is 1.88 bits per heavy atom. The lowest BCUT2D eigenvalue weighted by atomic mass is 9.91. The highest BCUT2D eigenvalue weighted by molar-refractivity contribution is 7.89. The Balaban J connectivity index is 2.42. The van der Waals surface area contributed by atoms with Crippen LogP contribution in [0.5, 0.6) is 0 Å². The van der Waals surface area contributed by atoms with Crippen molar-refractivity contribution in [1.29, 1.82) is 0 Å². The molecule has 1 rings (SSSR count). The first-order valence-electron chi connectivity index (χ1n) is 6.15. The SMILES string of the molecule is CNCCN(C)S(=O)(=O)CC1CCCCC1. The molecule has 4 nitrogen and oxygen atoms in total. The summed E-state index contributed by atoms with van der Waals surface area (Å²) in [5.74, 6) is 0.725. The lowest BCUT2D eigenvalue weighted by molar-refractivity contribution is 0.375. The van der Waals surface area contributed by atoms with Gasteiger partial charge in [-0.25, -0.2) is 12.7 Å². The lowest BCUT2D eigenvalue weighted by Crippen LogP contribution is -2.36. The molecule has 0 heterocycles. The van der Waals surface area contributed by atoms with Gasteiger partial charge in [0, 0.05) is 20.1 Å². The minimum absolute atomic E-state index is 0.340. The molecule has 5 heteroatoms. The van der Waals surface area contributed by atoms with Gasteiger partial charge in [0.15, 0.2) is 0 Å². The van der Waals surface area contributed by atoms with Crippen LogP contribution < -0.4 is 5.32 Å². The van der Waals surface area contributed by atoms with E-state index in [1.807, 2.05) is 7.05 Å². The molecule has 1 saturated carbocycles. The molecule has 1 aliphatic carbocycles. The van der Waals surface area contributed by atoms with Crippen LogP contribution in [0.2, 0.25) is 0 Å². The van der Waals surface area contributed by atoms with E-state index in [4.69, 9.17) is 0 Å². The van der Waals surface area contributed by atoms with Crippen molar-refractivity contribution in [2.75, 3.05) is 32.9 Å². The first-order valence-corrected chi connectivity index (χ1v) is 7.76. The van der Waals surface area contributed by atoms with Gasteiger partial charge in [0.25, 0.3) is 0 Å². The highest BCUT2D eigenvalue weighted by Gasteiger charge is 2.24. The van der Waals surface area contributed by atoms with Gasteiger partial charge in [-0.1, -0.05) is 19.3 Å². The lowest BCUT2D eigenvalue weighted by Gasteiger charge is -2.24. The molecular formula is C11H24N2O2S. The summed E-state index contributed by atoms with van der Waals surface area (Å²) in [4.78, 5) is 0. The zero-order valence-electron chi connectivity index (χ0n) is 10.4. The molecule has 16 heavy (non-hydrogen) atoms. The third kappa shape index (κ3) is 4.39. The normalized spacial score (nSPS) is 19.2. The fraction of sp³-hybridized carbons (Fsp3) is 1.00. The van der Waals surface area contributed by atoms with Crippen molar-refractivity contribution in [2.45, 2.75) is 32.1 Å². The molecule has 0 aliphatic heterocycles. The van der Waals surface area contributed by atoms with Gasteiger partial charge in [0.05, 0.1) is 5.75 Å². The van der Waals surface area contributed by atoms with Gasteiger partial charge in [-0.3, -0.25) is 0 Å². The third-order valence-electron chi connectivity index (χ3n) is 3.32. The number of sulfonamides is 1. The van der Waals surface area contributed by atoms with Crippen molar-refractivity contribution < 1.29 is 8.42 Å². The molecule has 0 spiro atoms. The quantitative estimate of drug-likeness (QED) is 0.764. The molecule has 0 bridgehead atoms. The van der Waals surface area contributed by atoms with Crippen LogP contribution in [-0.4, -0.2) is 45.7 Å². The molecule has 0 radical (unpaired) electrons. The number of hydrogen-bond acceptors (Lipinski definition) is 3. The van der Waals surface area contributed by atoms with E-state index in [1.54, 1.807) is 7.05 Å². The van der Waals surface area contributed by atoms with Crippen molar-refractivity contribution in [1.82, 2.24) is 9.62 Å². The van der Waals surface area contributed by atoms with Crippen molar-refractivity contribution in [3.63, 3.8) is 0 Å². The smallest absolute Gasteiger partial charge is 0.214 e. The fourth-order valence-corrected chi connectivity index (χ4v) is 3.74. The van der Waals surface area contributed by atoms with Crippen LogP contribution in [-0.2, 0) is 10.0 Å². The fourth-order valence-electron chi connectivity index (χ4n) is 2.19. The molecular weight excluding hydrogens is 224 g/mol. The Kier molecular flexibility index (Phi) is 5.72. The molecule has 0 amide bonds. The van der Waals surface area contributed by atoms with Gasteiger partial charge in [0.1, 0.15) is 0 Å². The van der Waals surface area contributed by atoms with Gasteiger partial charge in [-0.15, -0.1) is 0 Å². The van der Waals surface area contributed by atoms with Crippen molar-refractivity contribution in [3.8, 4) is 0 Å². The van der Waals surface area contributed by atoms with E-state index < -0.39 is 10.0 Å². The Labute approximate surface area is 99.5 Å². The molecule has 96 valence electrons. The molecule has 0 saturated heterocycles. The van der Waals surface area contributed by atoms with Crippen molar-refractivity contribution in [3.05, 3.63) is 0 Å². The maximum absolute atomic E-state index is 12.0. The Morgan fingerprint density at radius 3 is 2.44 bits per heavy atom. The van der Waals surface area contributed by atoms with E-state index >= 15 is 0 Å². The van der Waals surface area contributed by atoms with Gasteiger partial charge in [0.2, 0.25) is 10.0 Å². The molecule has 0 unspecified atom stereocenters. The van der Waals surface area contributed by atoms with E-state index in [-0.39, 0.29) is 0 Å². The van der Waals surface area contributed by atoms with E-state index in [0.29, 0.717) is 24.8 Å². The second kappa shape index (κ2) is 6.57. The zero-order valence-corrected chi connectivity index (χ0v) is 11.2. The average Bonchev–Trinajstić information content (AvgIpc) is 2.26. The predicted molar refractivity (Wildman–Crippen MR) is 66.9 cm³/mol. The third-order valence-corrected chi connectivity index (χ3v) is 5.35. The highest BCUT2D eigenvalue weighted by Crippen LogP contribution is 2.25. The molecule has 1 N–H and O–H groups in total. The van der Waals surface area contributed by atoms with E-state index in [1.165, 1.54) is 23.6 Å². The summed E-state index contributed by atoms with van der Waals surface area (Å²) < 4.78 is 25.5. The standard InChI is InChI=1S/C11H24N2O2S/c1-12-8-9-13(2)16(14,15)10-11-6-4-3-5-7-11/h11-12H,3-10H2,1-2H3. The van der Waals surface area contributed by atoms with Crippen LogP contribution in [0.3, 0.4) is 0 Å². The monoisotopic (exact) mass is 248 g/mol. The molecule has 0 aromatic heterocycles. The van der Waals surface area contributed by atoms with Gasteiger partial charge in [-0.2, -0.15) is 0 Å². The predicted octanol–water partition coefficient (Wildman–Crippen LogP) is 1.05. The van der Waals surface area contributed by atoms with Crippen LogP contribution >= 0.6 is 0 Å². The zero-order chi connectivity index (χ0) is 12.0. The minimum atomic E-state index is -3.04. The van der Waals surface area contributed by atoms with Crippen LogP contribution in [0.1, 0.15) is 32.1 Å². The largest absolute Gasteiger partial charge is 0.318 e. The first-order chi connectivity index (χ1) is 7.56. The Hall–Kier alpha value is -0.130. The molecule has 0 atom stereocenters. The van der Waals surface area contributed by atoms with Crippen molar-refractivity contribution >= 4 is 10.0 Å². The van der Waals surface area contributed by atoms with Gasteiger partial charge in [-0.05, 0) is 25.8 Å². The van der Waals surface area contributed by atoms with E-state index in [0.717, 1.165) is 12.8 Å². The molecule has 0 aromatic carbocycles. The Morgan fingerprint density at radius 1 is 1.25 bits per heavy atom. The number of rotatable bonds is 6. The topological polar surface area (TPSA) is 49.4 Å². The summed E-state index contributed by atoms with van der Waals surface area (Å²) in [5.41, 5.74) is 0. The number of nitrogens with zero attached hydrogens (tertiary/aromatic N) is 1. The van der Waals surface area contributed by atoms with Crippen LogP contribution in [0.4, 0.5) is 0 Å². The van der Waals surface area contributed by atoms with Crippen molar-refractivity contribution in [2.24, 2.45) is 5.92 Å². The second-order valence-corrected chi connectivity index (χ2v) is 6.83. The summed E-state index contributed by atoms with van der Waals surface area (Å²) in [6.07, 6.45) is 5.82. The molecule has 1 fully saturated rings. The van der Waals surface area contributed by atoms with Crippen LogP contribution in [0.15, 0.2) is 0 Å². The first kappa shape index (κ1) is 13.9. The van der Waals surface area contributed by atoms with Crippen LogP contribution in [0, 0.1) is 5.92 Å². The maximum Gasteiger partial charge on any atom is 0.214 e. The summed E-state index contributed by atoms with van der Waals surface area (Å²) in [6, 6.07) is 0. The maximum atomic E-state index is 12.0. The van der Waals surface area contributed by atoms with E-state index in [9.17, 15) is 8.42 Å². The minimum Gasteiger partial charge on any atom is -0.318 e. The summed E-state index contributed by atoms with van der Waals surface area (Å²) in [7, 11) is 0.472. The Bertz CT molecular complexity index is 284. The number of nitrogens with one attached hydrogen (secondary N) is 1. The van der Waals surface area contributed by atoms with Crippen LogP contribution in [0.25, 0.3) is 0 Å². The number of likely N-dealkylation sites (N-methyl/N-ethyl adjacent to an activating group) is 2. The number of hydrogen-bond donors (Lipinski definition) is 1. The van der Waals surface area contributed by atoms with E-state index in [2.05, 4.69) is 5.32 Å².